The lowest BCUT2D eigenvalue weighted by Gasteiger charge is -2.15. The van der Waals surface area contributed by atoms with E-state index >= 15 is 0 Å². The van der Waals surface area contributed by atoms with Gasteiger partial charge in [-0.15, -0.1) is 0 Å². The van der Waals surface area contributed by atoms with Gasteiger partial charge < -0.3 is 10.1 Å². The number of carbonyl (C=O) groups excluding carboxylic acids is 1. The van der Waals surface area contributed by atoms with E-state index in [1.165, 1.54) is 25.3 Å². The number of methoxy groups -OCH3 is 1. The van der Waals surface area contributed by atoms with Gasteiger partial charge >= 0.3 is 5.69 Å². The van der Waals surface area contributed by atoms with E-state index in [-0.39, 0.29) is 29.2 Å². The van der Waals surface area contributed by atoms with Crippen molar-refractivity contribution in [3.05, 3.63) is 50.8 Å². The van der Waals surface area contributed by atoms with Gasteiger partial charge in [-0.1, -0.05) is 6.92 Å². The Hall–Kier alpha value is -3.50. The molecule has 1 aromatic carbocycles. The Labute approximate surface area is 141 Å². The molecule has 0 aliphatic heterocycles. The summed E-state index contributed by atoms with van der Waals surface area (Å²) in [6.07, 6.45) is 2.45. The molecule has 0 saturated heterocycles. The summed E-state index contributed by atoms with van der Waals surface area (Å²) < 4.78 is 6.09. The smallest absolute Gasteiger partial charge is 0.307 e. The molecular weight excluding hydrogens is 334 g/mol. The highest BCUT2D eigenvalue weighted by atomic mass is 16.6. The molecule has 1 atom stereocenters. The van der Waals surface area contributed by atoms with Crippen molar-refractivity contribution in [2.75, 3.05) is 12.4 Å². The summed E-state index contributed by atoms with van der Waals surface area (Å²) >= 11 is 0. The first-order valence-corrected chi connectivity index (χ1v) is 7.19. The van der Waals surface area contributed by atoms with Crippen LogP contribution in [0, 0.1) is 20.2 Å². The molecule has 2 aromatic rings. The van der Waals surface area contributed by atoms with E-state index in [0.717, 1.165) is 17.1 Å². The van der Waals surface area contributed by atoms with Gasteiger partial charge in [-0.3, -0.25) is 29.7 Å². The minimum absolute atomic E-state index is 0.00379. The fourth-order valence-electron chi connectivity index (χ4n) is 2.20. The number of aromatic nitrogens is 2. The number of hydrogen-bond acceptors (Lipinski definition) is 7. The van der Waals surface area contributed by atoms with Crippen molar-refractivity contribution in [2.24, 2.45) is 0 Å². The minimum Gasteiger partial charge on any atom is -0.496 e. The van der Waals surface area contributed by atoms with Crippen LogP contribution in [-0.2, 0) is 4.79 Å². The summed E-state index contributed by atoms with van der Waals surface area (Å²) in [5.41, 5.74) is -0.577. The molecule has 0 aliphatic rings. The first-order valence-electron chi connectivity index (χ1n) is 7.19. The third-order valence-electron chi connectivity index (χ3n) is 3.47. The maximum absolute atomic E-state index is 12.5. The van der Waals surface area contributed by atoms with E-state index in [4.69, 9.17) is 4.74 Å². The number of nitro benzene ring substituents is 1. The molecular formula is C14H15N5O6. The third kappa shape index (κ3) is 3.88. The second-order valence-electron chi connectivity index (χ2n) is 4.99. The number of ether oxygens (including phenoxy) is 1. The van der Waals surface area contributed by atoms with Crippen LogP contribution < -0.4 is 10.1 Å². The first kappa shape index (κ1) is 17.8. The maximum Gasteiger partial charge on any atom is 0.307 e. The Balaban J connectivity index is 2.27. The summed E-state index contributed by atoms with van der Waals surface area (Å²) in [7, 11) is 1.37. The quantitative estimate of drug-likeness (QED) is 0.596. The van der Waals surface area contributed by atoms with E-state index in [2.05, 4.69) is 10.4 Å². The second kappa shape index (κ2) is 7.38. The highest BCUT2D eigenvalue weighted by Crippen LogP contribution is 2.30. The second-order valence-corrected chi connectivity index (χ2v) is 4.99. The summed E-state index contributed by atoms with van der Waals surface area (Å²) in [5, 5.41) is 28.2. The SMILES string of the molecule is CCC(C(=O)Nc1ccc(OC)cc1[N+](=O)[O-])n1cc([N+](=O)[O-])cn1. The number of rotatable bonds is 7. The highest BCUT2D eigenvalue weighted by Gasteiger charge is 2.25. The normalized spacial score (nSPS) is 11.6. The largest absolute Gasteiger partial charge is 0.496 e. The molecule has 2 rings (SSSR count). The van der Waals surface area contributed by atoms with Crippen LogP contribution in [0.2, 0.25) is 0 Å². The molecule has 11 heteroatoms. The Morgan fingerprint density at radius 1 is 1.36 bits per heavy atom. The van der Waals surface area contributed by atoms with Gasteiger partial charge in [0.1, 0.15) is 29.9 Å². The van der Waals surface area contributed by atoms with E-state index < -0.39 is 21.8 Å². The van der Waals surface area contributed by atoms with E-state index in [9.17, 15) is 25.0 Å². The van der Waals surface area contributed by atoms with Gasteiger partial charge in [-0.2, -0.15) is 5.10 Å². The van der Waals surface area contributed by atoms with Crippen LogP contribution in [0.25, 0.3) is 0 Å². The fraction of sp³-hybridized carbons (Fsp3) is 0.286. The topological polar surface area (TPSA) is 142 Å². The van der Waals surface area contributed by atoms with Gasteiger partial charge in [0, 0.05) is 0 Å². The van der Waals surface area contributed by atoms with Gasteiger partial charge in [0.25, 0.3) is 5.69 Å². The predicted octanol–water partition coefficient (Wildman–Crippen LogP) is 2.30. The number of nitrogens with zero attached hydrogens (tertiary/aromatic N) is 4. The number of carbonyl (C=O) groups is 1. The van der Waals surface area contributed by atoms with Crippen LogP contribution in [-0.4, -0.2) is 32.6 Å². The molecule has 1 heterocycles. The molecule has 132 valence electrons. The lowest BCUT2D eigenvalue weighted by Crippen LogP contribution is -2.26. The van der Waals surface area contributed by atoms with Crippen molar-refractivity contribution in [1.82, 2.24) is 9.78 Å². The molecule has 1 unspecified atom stereocenters. The third-order valence-corrected chi connectivity index (χ3v) is 3.47. The zero-order valence-electron chi connectivity index (χ0n) is 13.4. The first-order chi connectivity index (χ1) is 11.9. The molecule has 1 N–H and O–H groups in total. The Bertz CT molecular complexity index is 818. The van der Waals surface area contributed by atoms with Crippen molar-refractivity contribution in [3.8, 4) is 5.75 Å². The maximum atomic E-state index is 12.5. The molecule has 0 aliphatic carbocycles. The summed E-state index contributed by atoms with van der Waals surface area (Å²) in [6, 6.07) is 3.17. The van der Waals surface area contributed by atoms with E-state index in [1.807, 2.05) is 0 Å². The summed E-state index contributed by atoms with van der Waals surface area (Å²) in [6.45, 7) is 1.69. The molecule has 1 amide bonds. The van der Waals surface area contributed by atoms with Crippen molar-refractivity contribution in [3.63, 3.8) is 0 Å². The number of amides is 1. The van der Waals surface area contributed by atoms with Crippen LogP contribution in [0.4, 0.5) is 17.1 Å². The van der Waals surface area contributed by atoms with E-state index in [0.29, 0.717) is 0 Å². The van der Waals surface area contributed by atoms with Crippen molar-refractivity contribution in [1.29, 1.82) is 0 Å². The Kier molecular flexibility index (Phi) is 5.27. The molecule has 0 saturated carbocycles. The van der Waals surface area contributed by atoms with Crippen LogP contribution in [0.5, 0.6) is 5.75 Å². The van der Waals surface area contributed by atoms with Gasteiger partial charge in [0.2, 0.25) is 5.91 Å². The van der Waals surface area contributed by atoms with Crippen LogP contribution >= 0.6 is 0 Å². The minimum atomic E-state index is -0.851. The Morgan fingerprint density at radius 3 is 2.60 bits per heavy atom. The van der Waals surface area contributed by atoms with Gasteiger partial charge in [0.05, 0.1) is 23.0 Å². The summed E-state index contributed by atoms with van der Waals surface area (Å²) in [5.74, 6) is -0.298. The lowest BCUT2D eigenvalue weighted by atomic mass is 10.2. The molecule has 0 bridgehead atoms. The molecule has 0 fully saturated rings. The average Bonchev–Trinajstić information content (AvgIpc) is 3.05. The Morgan fingerprint density at radius 2 is 2.08 bits per heavy atom. The molecule has 0 spiro atoms. The summed E-state index contributed by atoms with van der Waals surface area (Å²) in [4.78, 5) is 33.1. The molecule has 11 nitrogen and oxygen atoms in total. The van der Waals surface area contributed by atoms with E-state index in [1.54, 1.807) is 6.92 Å². The van der Waals surface area contributed by atoms with Gasteiger partial charge in [-0.05, 0) is 18.6 Å². The van der Waals surface area contributed by atoms with Crippen molar-refractivity contribution < 1.29 is 19.4 Å². The predicted molar refractivity (Wildman–Crippen MR) is 86.5 cm³/mol. The zero-order chi connectivity index (χ0) is 18.6. The standard InChI is InChI=1S/C14H15N5O6/c1-3-12(17-8-9(7-15-17)18(21)22)14(20)16-11-5-4-10(25-2)6-13(11)19(23)24/h4-8,12H,3H2,1-2H3,(H,16,20). The van der Waals surface area contributed by atoms with Crippen molar-refractivity contribution in [2.45, 2.75) is 19.4 Å². The van der Waals surface area contributed by atoms with Crippen LogP contribution in [0.15, 0.2) is 30.6 Å². The molecule has 0 radical (unpaired) electrons. The number of nitrogens with one attached hydrogen (secondary N) is 1. The van der Waals surface area contributed by atoms with Crippen LogP contribution in [0.1, 0.15) is 19.4 Å². The molecule has 1 aromatic heterocycles. The van der Waals surface area contributed by atoms with Gasteiger partial charge in [-0.25, -0.2) is 0 Å². The number of nitro groups is 2. The molecule has 25 heavy (non-hydrogen) atoms. The number of anilines is 1. The monoisotopic (exact) mass is 349 g/mol. The number of hydrogen-bond donors (Lipinski definition) is 1. The number of benzene rings is 1. The average molecular weight is 349 g/mol. The fourth-order valence-corrected chi connectivity index (χ4v) is 2.20. The van der Waals surface area contributed by atoms with Crippen molar-refractivity contribution >= 4 is 23.0 Å². The van der Waals surface area contributed by atoms with Gasteiger partial charge in [0.15, 0.2) is 0 Å². The van der Waals surface area contributed by atoms with Crippen LogP contribution in [0.3, 0.4) is 0 Å². The highest BCUT2D eigenvalue weighted by molar-refractivity contribution is 5.95. The lowest BCUT2D eigenvalue weighted by molar-refractivity contribution is -0.385. The zero-order valence-corrected chi connectivity index (χ0v) is 13.4.